The first-order valence-corrected chi connectivity index (χ1v) is 14.2. The highest BCUT2D eigenvalue weighted by molar-refractivity contribution is 7.88. The van der Waals surface area contributed by atoms with Gasteiger partial charge in [-0.05, 0) is 42.9 Å². The van der Waals surface area contributed by atoms with Crippen LogP contribution in [0, 0.1) is 5.92 Å². The Morgan fingerprint density at radius 3 is 2.61 bits per heavy atom. The summed E-state index contributed by atoms with van der Waals surface area (Å²) in [6, 6.07) is 10.6. The standard InChI is InChI=1S/C24H33N5O5S2/c1-16(2)13-19(28-36(33,34)15-17-7-4-3-5-8-17)24(31)29-12-6-9-20(29)23(30)26-14-18-10-11-21(35-18)22(25)27-32/h3-5,7-8,10-11,16,19-20,28,32H,6,9,12-15H2,1-2H3,(H2,25,27)(H,26,30)/t19-,20+/m1/s1. The minimum Gasteiger partial charge on any atom is -0.409 e. The number of amidine groups is 1. The summed E-state index contributed by atoms with van der Waals surface area (Å²) < 4.78 is 28.3. The third kappa shape index (κ3) is 7.52. The van der Waals surface area contributed by atoms with Crippen molar-refractivity contribution in [1.29, 1.82) is 0 Å². The van der Waals surface area contributed by atoms with Crippen molar-refractivity contribution in [3.63, 3.8) is 0 Å². The van der Waals surface area contributed by atoms with Crippen LogP contribution in [0.1, 0.15) is 48.4 Å². The van der Waals surface area contributed by atoms with E-state index in [2.05, 4.69) is 15.2 Å². The fourth-order valence-corrected chi connectivity index (χ4v) is 6.37. The second kappa shape index (κ2) is 12.3. The first kappa shape index (κ1) is 27.6. The summed E-state index contributed by atoms with van der Waals surface area (Å²) >= 11 is 1.29. The Kier molecular flexibility index (Phi) is 9.46. The number of nitrogens with zero attached hydrogens (tertiary/aromatic N) is 2. The van der Waals surface area contributed by atoms with E-state index < -0.39 is 22.1 Å². The van der Waals surface area contributed by atoms with Crippen molar-refractivity contribution in [2.75, 3.05) is 6.54 Å². The van der Waals surface area contributed by atoms with Gasteiger partial charge in [0.05, 0.1) is 17.2 Å². The fraction of sp³-hybridized carbons (Fsp3) is 0.458. The van der Waals surface area contributed by atoms with Crippen LogP contribution in [0.25, 0.3) is 0 Å². The van der Waals surface area contributed by atoms with Gasteiger partial charge in [0.1, 0.15) is 12.1 Å². The summed E-state index contributed by atoms with van der Waals surface area (Å²) in [6.45, 7) is 4.46. The molecule has 0 aliphatic carbocycles. The van der Waals surface area contributed by atoms with E-state index in [1.807, 2.05) is 19.9 Å². The molecule has 0 spiro atoms. The fourth-order valence-electron chi connectivity index (χ4n) is 4.18. The number of thiophene rings is 1. The highest BCUT2D eigenvalue weighted by Crippen LogP contribution is 2.22. The molecular formula is C24H33N5O5S2. The summed E-state index contributed by atoms with van der Waals surface area (Å²) in [5.41, 5.74) is 6.22. The van der Waals surface area contributed by atoms with E-state index in [9.17, 15) is 18.0 Å². The molecule has 2 aromatic rings. The van der Waals surface area contributed by atoms with Crippen LogP contribution < -0.4 is 15.8 Å². The number of likely N-dealkylation sites (tertiary alicyclic amines) is 1. The molecule has 36 heavy (non-hydrogen) atoms. The molecule has 2 atom stereocenters. The summed E-state index contributed by atoms with van der Waals surface area (Å²) in [6.07, 6.45) is 1.48. The first-order valence-electron chi connectivity index (χ1n) is 11.8. The molecule has 5 N–H and O–H groups in total. The zero-order chi connectivity index (χ0) is 26.3. The topological polar surface area (TPSA) is 154 Å². The van der Waals surface area contributed by atoms with E-state index in [1.165, 1.54) is 16.2 Å². The Morgan fingerprint density at radius 2 is 1.94 bits per heavy atom. The largest absolute Gasteiger partial charge is 0.409 e. The van der Waals surface area contributed by atoms with Gasteiger partial charge in [0, 0.05) is 11.4 Å². The number of hydrogen-bond acceptors (Lipinski definition) is 7. The highest BCUT2D eigenvalue weighted by atomic mass is 32.2. The van der Waals surface area contributed by atoms with Crippen LogP contribution in [0.15, 0.2) is 47.6 Å². The lowest BCUT2D eigenvalue weighted by atomic mass is 10.0. The van der Waals surface area contributed by atoms with Gasteiger partial charge in [-0.1, -0.05) is 49.3 Å². The lowest BCUT2D eigenvalue weighted by Crippen LogP contribution is -2.53. The van der Waals surface area contributed by atoms with Crippen LogP contribution in [0.4, 0.5) is 0 Å². The third-order valence-corrected chi connectivity index (χ3v) is 8.29. The van der Waals surface area contributed by atoms with Gasteiger partial charge in [-0.3, -0.25) is 9.59 Å². The zero-order valence-electron chi connectivity index (χ0n) is 20.4. The average Bonchev–Trinajstić information content (AvgIpc) is 3.51. The number of carbonyl (C=O) groups is 2. The van der Waals surface area contributed by atoms with Crippen LogP contribution in [0.3, 0.4) is 0 Å². The van der Waals surface area contributed by atoms with Crippen molar-refractivity contribution >= 4 is 39.0 Å². The molecule has 1 saturated heterocycles. The maximum atomic E-state index is 13.5. The van der Waals surface area contributed by atoms with Gasteiger partial charge in [0.25, 0.3) is 0 Å². The molecule has 3 rings (SSSR count). The van der Waals surface area contributed by atoms with Gasteiger partial charge in [-0.25, -0.2) is 13.1 Å². The molecule has 2 heterocycles. The molecular weight excluding hydrogens is 502 g/mol. The minimum absolute atomic E-state index is 0.00366. The number of benzene rings is 1. The van der Waals surface area contributed by atoms with Crippen molar-refractivity contribution in [2.45, 2.75) is 57.5 Å². The molecule has 0 saturated carbocycles. The summed E-state index contributed by atoms with van der Waals surface area (Å²) in [7, 11) is -3.78. The zero-order valence-corrected chi connectivity index (χ0v) is 22.0. The molecule has 1 fully saturated rings. The van der Waals surface area contributed by atoms with Gasteiger partial charge < -0.3 is 21.2 Å². The van der Waals surface area contributed by atoms with Gasteiger partial charge in [-0.15, -0.1) is 11.3 Å². The maximum absolute atomic E-state index is 13.5. The van der Waals surface area contributed by atoms with E-state index in [0.29, 0.717) is 36.2 Å². The maximum Gasteiger partial charge on any atom is 0.243 e. The molecule has 12 heteroatoms. The summed E-state index contributed by atoms with van der Waals surface area (Å²) in [5.74, 6) is -0.848. The highest BCUT2D eigenvalue weighted by Gasteiger charge is 2.38. The molecule has 1 aromatic heterocycles. The lowest BCUT2D eigenvalue weighted by Gasteiger charge is -2.29. The molecule has 2 amide bonds. The van der Waals surface area contributed by atoms with E-state index in [1.54, 1.807) is 36.4 Å². The monoisotopic (exact) mass is 535 g/mol. The summed E-state index contributed by atoms with van der Waals surface area (Å²) in [5, 5.41) is 14.6. The van der Waals surface area contributed by atoms with E-state index >= 15 is 0 Å². The lowest BCUT2D eigenvalue weighted by molar-refractivity contribution is -0.140. The van der Waals surface area contributed by atoms with Crippen molar-refractivity contribution in [2.24, 2.45) is 16.8 Å². The van der Waals surface area contributed by atoms with Gasteiger partial charge in [-0.2, -0.15) is 0 Å². The van der Waals surface area contributed by atoms with Crippen LogP contribution in [0.5, 0.6) is 0 Å². The van der Waals surface area contributed by atoms with Crippen molar-refractivity contribution in [3.8, 4) is 0 Å². The number of carbonyl (C=O) groups excluding carboxylic acids is 2. The second-order valence-electron chi connectivity index (χ2n) is 9.20. The third-order valence-electron chi connectivity index (χ3n) is 5.82. The smallest absolute Gasteiger partial charge is 0.243 e. The number of nitrogens with one attached hydrogen (secondary N) is 2. The van der Waals surface area contributed by atoms with E-state index in [-0.39, 0.29) is 35.9 Å². The van der Waals surface area contributed by atoms with Gasteiger partial charge in [0.15, 0.2) is 5.84 Å². The molecule has 10 nitrogen and oxygen atoms in total. The Labute approximate surface area is 215 Å². The van der Waals surface area contributed by atoms with Crippen LogP contribution in [0.2, 0.25) is 0 Å². The number of nitrogens with two attached hydrogens (primary N) is 1. The Balaban J connectivity index is 1.67. The van der Waals surface area contributed by atoms with E-state index in [0.717, 1.165) is 4.88 Å². The average molecular weight is 536 g/mol. The van der Waals surface area contributed by atoms with E-state index in [4.69, 9.17) is 10.9 Å². The molecule has 0 radical (unpaired) electrons. The SMILES string of the molecule is CC(C)C[C@@H](NS(=O)(=O)Cc1ccccc1)C(=O)N1CCC[C@H]1C(=O)NCc1ccc(C(N)=NO)s1. The molecule has 1 aliphatic heterocycles. The van der Waals surface area contributed by atoms with Crippen molar-refractivity contribution < 1.29 is 23.2 Å². The van der Waals surface area contributed by atoms with Crippen molar-refractivity contribution in [1.82, 2.24) is 14.9 Å². The number of oxime groups is 1. The van der Waals surface area contributed by atoms with Gasteiger partial charge in [0.2, 0.25) is 21.8 Å². The van der Waals surface area contributed by atoms with Crippen LogP contribution in [-0.2, 0) is 31.9 Å². The predicted octanol–water partition coefficient (Wildman–Crippen LogP) is 1.98. The van der Waals surface area contributed by atoms with Crippen molar-refractivity contribution in [3.05, 3.63) is 57.8 Å². The Hall–Kier alpha value is -2.96. The Bertz CT molecular complexity index is 1180. The molecule has 0 bridgehead atoms. The van der Waals surface area contributed by atoms with Crippen LogP contribution in [-0.4, -0.2) is 54.8 Å². The number of sulfonamides is 1. The quantitative estimate of drug-likeness (QED) is 0.149. The number of amides is 2. The molecule has 1 aromatic carbocycles. The van der Waals surface area contributed by atoms with Gasteiger partial charge >= 0.3 is 0 Å². The number of rotatable bonds is 11. The Morgan fingerprint density at radius 1 is 1.22 bits per heavy atom. The summed E-state index contributed by atoms with van der Waals surface area (Å²) in [4.78, 5) is 29.3. The van der Waals surface area contributed by atoms with Crippen LogP contribution >= 0.6 is 11.3 Å². The first-order chi connectivity index (χ1) is 17.1. The normalized spacial score (nSPS) is 17.4. The number of hydrogen-bond donors (Lipinski definition) is 4. The second-order valence-corrected chi connectivity index (χ2v) is 12.1. The minimum atomic E-state index is -3.78. The predicted molar refractivity (Wildman–Crippen MR) is 139 cm³/mol. The molecule has 196 valence electrons. The molecule has 1 aliphatic rings. The molecule has 0 unspecified atom stereocenters.